The maximum absolute atomic E-state index is 12.3. The summed E-state index contributed by atoms with van der Waals surface area (Å²) in [6, 6.07) is 0. The monoisotopic (exact) mass is 254 g/mol. The Hall–Kier alpha value is -0.610. The Balaban J connectivity index is 2.05. The van der Waals surface area contributed by atoms with E-state index in [-0.39, 0.29) is 11.8 Å². The van der Waals surface area contributed by atoms with Gasteiger partial charge in [0.15, 0.2) is 0 Å². The molecule has 2 rings (SSSR count). The molecular formula is C14H26N2O2. The van der Waals surface area contributed by atoms with Gasteiger partial charge < -0.3 is 15.7 Å². The first kappa shape index (κ1) is 13.8. The summed E-state index contributed by atoms with van der Waals surface area (Å²) in [5, 5.41) is 10.6. The number of aliphatic hydroxyl groups is 1. The quantitative estimate of drug-likeness (QED) is 0.780. The first-order valence-electron chi connectivity index (χ1n) is 7.20. The number of piperidine rings is 1. The molecule has 1 aliphatic heterocycles. The van der Waals surface area contributed by atoms with Crippen molar-refractivity contribution >= 4 is 5.91 Å². The molecule has 2 aliphatic rings. The largest absolute Gasteiger partial charge is 0.389 e. The third kappa shape index (κ3) is 2.41. The van der Waals surface area contributed by atoms with Crippen molar-refractivity contribution in [3.05, 3.63) is 0 Å². The Morgan fingerprint density at radius 3 is 2.89 bits per heavy atom. The lowest BCUT2D eigenvalue weighted by atomic mass is 9.71. The standard InChI is InChI=1S/C14H26N2O2/c1-3-13(2,15)12(17)16-9-8-14(18)7-5-4-6-11(14)10-16/h11,18H,3-10,15H2,1-2H3. The van der Waals surface area contributed by atoms with Crippen LogP contribution in [-0.4, -0.2) is 40.1 Å². The topological polar surface area (TPSA) is 66.6 Å². The van der Waals surface area contributed by atoms with Crippen LogP contribution in [0.15, 0.2) is 0 Å². The van der Waals surface area contributed by atoms with E-state index < -0.39 is 11.1 Å². The van der Waals surface area contributed by atoms with E-state index in [4.69, 9.17) is 5.73 Å². The highest BCUT2D eigenvalue weighted by molar-refractivity contribution is 5.85. The molecule has 1 amide bonds. The highest BCUT2D eigenvalue weighted by Crippen LogP contribution is 2.40. The molecule has 4 nitrogen and oxygen atoms in total. The molecule has 3 unspecified atom stereocenters. The van der Waals surface area contributed by atoms with E-state index in [1.165, 1.54) is 6.42 Å². The Morgan fingerprint density at radius 1 is 1.50 bits per heavy atom. The lowest BCUT2D eigenvalue weighted by Gasteiger charge is -2.48. The average molecular weight is 254 g/mol. The smallest absolute Gasteiger partial charge is 0.242 e. The molecule has 1 heterocycles. The maximum Gasteiger partial charge on any atom is 0.242 e. The molecule has 0 spiro atoms. The number of carbonyl (C=O) groups excluding carboxylic acids is 1. The Kier molecular flexibility index (Phi) is 3.70. The van der Waals surface area contributed by atoms with Crippen LogP contribution in [0.25, 0.3) is 0 Å². The minimum absolute atomic E-state index is 0.0395. The fourth-order valence-electron chi connectivity index (χ4n) is 3.27. The van der Waals surface area contributed by atoms with Gasteiger partial charge in [0.25, 0.3) is 0 Å². The summed E-state index contributed by atoms with van der Waals surface area (Å²) in [6.07, 6.45) is 5.58. The average Bonchev–Trinajstić information content (AvgIpc) is 2.36. The summed E-state index contributed by atoms with van der Waals surface area (Å²) in [6.45, 7) is 5.08. The second kappa shape index (κ2) is 4.82. The molecule has 3 atom stereocenters. The molecule has 1 aliphatic carbocycles. The summed E-state index contributed by atoms with van der Waals surface area (Å²) in [5.41, 5.74) is 4.76. The fraction of sp³-hybridized carbons (Fsp3) is 0.929. The molecule has 18 heavy (non-hydrogen) atoms. The van der Waals surface area contributed by atoms with Gasteiger partial charge in [-0.15, -0.1) is 0 Å². The first-order chi connectivity index (χ1) is 8.39. The number of nitrogens with zero attached hydrogens (tertiary/aromatic N) is 1. The summed E-state index contributed by atoms with van der Waals surface area (Å²) < 4.78 is 0. The zero-order chi connectivity index (χ0) is 13.4. The van der Waals surface area contributed by atoms with Crippen LogP contribution in [0, 0.1) is 5.92 Å². The number of hydrogen-bond acceptors (Lipinski definition) is 3. The molecule has 0 aromatic carbocycles. The maximum atomic E-state index is 12.3. The van der Waals surface area contributed by atoms with Crippen LogP contribution in [0.4, 0.5) is 0 Å². The Labute approximate surface area is 110 Å². The van der Waals surface area contributed by atoms with Crippen molar-refractivity contribution in [3.63, 3.8) is 0 Å². The second-order valence-corrected chi connectivity index (χ2v) is 6.32. The molecule has 0 aromatic heterocycles. The zero-order valence-corrected chi connectivity index (χ0v) is 11.6. The van der Waals surface area contributed by atoms with Gasteiger partial charge >= 0.3 is 0 Å². The molecular weight excluding hydrogens is 228 g/mol. The zero-order valence-electron chi connectivity index (χ0n) is 11.6. The third-order valence-corrected chi connectivity index (χ3v) is 4.94. The SMILES string of the molecule is CCC(C)(N)C(=O)N1CCC2(O)CCCCC2C1. The molecule has 4 heteroatoms. The van der Waals surface area contributed by atoms with E-state index in [0.29, 0.717) is 25.9 Å². The molecule has 0 aromatic rings. The van der Waals surface area contributed by atoms with Gasteiger partial charge in [-0.3, -0.25) is 4.79 Å². The molecule has 104 valence electrons. The summed E-state index contributed by atoms with van der Waals surface area (Å²) in [5.74, 6) is 0.286. The lowest BCUT2D eigenvalue weighted by molar-refractivity contribution is -0.148. The highest BCUT2D eigenvalue weighted by atomic mass is 16.3. The van der Waals surface area contributed by atoms with Crippen LogP contribution in [0.5, 0.6) is 0 Å². The predicted molar refractivity (Wildman–Crippen MR) is 71.0 cm³/mol. The minimum Gasteiger partial charge on any atom is -0.389 e. The van der Waals surface area contributed by atoms with Crippen LogP contribution < -0.4 is 5.73 Å². The van der Waals surface area contributed by atoms with Gasteiger partial charge in [-0.1, -0.05) is 19.8 Å². The number of rotatable bonds is 2. The third-order valence-electron chi connectivity index (χ3n) is 4.94. The van der Waals surface area contributed by atoms with Gasteiger partial charge in [-0.25, -0.2) is 0 Å². The predicted octanol–water partition coefficient (Wildman–Crippen LogP) is 1.27. The summed E-state index contributed by atoms with van der Waals surface area (Å²) in [4.78, 5) is 14.2. The highest BCUT2D eigenvalue weighted by Gasteiger charge is 2.45. The van der Waals surface area contributed by atoms with Gasteiger partial charge in [0.2, 0.25) is 5.91 Å². The van der Waals surface area contributed by atoms with Crippen LogP contribution in [0.3, 0.4) is 0 Å². The van der Waals surface area contributed by atoms with Crippen LogP contribution >= 0.6 is 0 Å². The van der Waals surface area contributed by atoms with Crippen molar-refractivity contribution in [2.24, 2.45) is 11.7 Å². The van der Waals surface area contributed by atoms with E-state index in [1.54, 1.807) is 6.92 Å². The van der Waals surface area contributed by atoms with E-state index in [9.17, 15) is 9.90 Å². The van der Waals surface area contributed by atoms with E-state index in [0.717, 1.165) is 19.3 Å². The van der Waals surface area contributed by atoms with Gasteiger partial charge in [0.1, 0.15) is 0 Å². The van der Waals surface area contributed by atoms with Crippen LogP contribution in [0.1, 0.15) is 52.4 Å². The van der Waals surface area contributed by atoms with Crippen LogP contribution in [-0.2, 0) is 4.79 Å². The lowest BCUT2D eigenvalue weighted by Crippen LogP contribution is -2.60. The van der Waals surface area contributed by atoms with E-state index in [2.05, 4.69) is 0 Å². The fourth-order valence-corrected chi connectivity index (χ4v) is 3.27. The van der Waals surface area contributed by atoms with E-state index in [1.807, 2.05) is 11.8 Å². The number of fused-ring (bicyclic) bond motifs is 1. The van der Waals surface area contributed by atoms with Gasteiger partial charge in [-0.05, 0) is 32.6 Å². The molecule has 2 fully saturated rings. The van der Waals surface area contributed by atoms with Crippen molar-refractivity contribution in [1.82, 2.24) is 4.90 Å². The van der Waals surface area contributed by atoms with E-state index >= 15 is 0 Å². The number of likely N-dealkylation sites (tertiary alicyclic amines) is 1. The van der Waals surface area contributed by atoms with Crippen molar-refractivity contribution in [1.29, 1.82) is 0 Å². The summed E-state index contributed by atoms with van der Waals surface area (Å²) >= 11 is 0. The summed E-state index contributed by atoms with van der Waals surface area (Å²) in [7, 11) is 0. The van der Waals surface area contributed by atoms with Crippen molar-refractivity contribution in [2.45, 2.75) is 63.5 Å². The number of hydrogen-bond donors (Lipinski definition) is 2. The molecule has 1 saturated carbocycles. The molecule has 1 saturated heterocycles. The van der Waals surface area contributed by atoms with Gasteiger partial charge in [0.05, 0.1) is 11.1 Å². The van der Waals surface area contributed by atoms with Crippen molar-refractivity contribution in [3.8, 4) is 0 Å². The molecule has 0 radical (unpaired) electrons. The number of nitrogens with two attached hydrogens (primary N) is 1. The molecule has 3 N–H and O–H groups in total. The second-order valence-electron chi connectivity index (χ2n) is 6.32. The minimum atomic E-state index is -0.760. The van der Waals surface area contributed by atoms with Gasteiger partial charge in [0, 0.05) is 19.0 Å². The first-order valence-corrected chi connectivity index (χ1v) is 7.20. The Morgan fingerprint density at radius 2 is 2.22 bits per heavy atom. The van der Waals surface area contributed by atoms with Crippen molar-refractivity contribution < 1.29 is 9.90 Å². The van der Waals surface area contributed by atoms with Crippen LogP contribution in [0.2, 0.25) is 0 Å². The van der Waals surface area contributed by atoms with Crippen molar-refractivity contribution in [2.75, 3.05) is 13.1 Å². The van der Waals surface area contributed by atoms with Gasteiger partial charge in [-0.2, -0.15) is 0 Å². The Bertz CT molecular complexity index is 330. The molecule has 0 bridgehead atoms. The number of amides is 1. The normalized spacial score (nSPS) is 35.8. The number of carbonyl (C=O) groups is 1.